The number of halogens is 3. The number of hydrogen-bond donors (Lipinski definition) is 0. The van der Waals surface area contributed by atoms with Crippen molar-refractivity contribution in [2.75, 3.05) is 50.2 Å². The second kappa shape index (κ2) is 10.6. The number of anilines is 2. The predicted molar refractivity (Wildman–Crippen MR) is 147 cm³/mol. The Hall–Kier alpha value is -3.12. The van der Waals surface area contributed by atoms with E-state index in [0.29, 0.717) is 61.6 Å². The molecule has 0 N–H and O–H groups in total. The monoisotopic (exact) mass is 574 g/mol. The van der Waals surface area contributed by atoms with Crippen LogP contribution in [0.15, 0.2) is 30.6 Å². The number of nitrogens with zero attached hydrogens (tertiary/aromatic N) is 6. The quantitative estimate of drug-likeness (QED) is 0.537. The second-order valence-electron chi connectivity index (χ2n) is 12.2. The molecule has 4 fully saturated rings. The highest BCUT2D eigenvalue weighted by Crippen LogP contribution is 2.42. The number of rotatable bonds is 5. The van der Waals surface area contributed by atoms with Crippen LogP contribution < -0.4 is 9.80 Å². The van der Waals surface area contributed by atoms with Gasteiger partial charge in [-0.05, 0) is 68.3 Å². The molecule has 4 heterocycles. The van der Waals surface area contributed by atoms with E-state index < -0.39 is 11.7 Å². The molecular formula is C29H37F3N6O3. The van der Waals surface area contributed by atoms with Gasteiger partial charge in [-0.15, -0.1) is 0 Å². The van der Waals surface area contributed by atoms with Crippen LogP contribution in [0, 0.1) is 11.8 Å². The van der Waals surface area contributed by atoms with Crippen molar-refractivity contribution in [1.29, 1.82) is 0 Å². The SMILES string of the molecule is CC(=O)N(C)c1cnn(C(=O)N2C[C@H]3C[C@@H](N(C)Cc4cc(N5C6CCC5COC6)cc(C(F)(F)F)c4)C[C@H]3C2)c1. The van der Waals surface area contributed by atoms with Crippen molar-refractivity contribution in [1.82, 2.24) is 19.6 Å². The Morgan fingerprint density at radius 2 is 1.71 bits per heavy atom. The summed E-state index contributed by atoms with van der Waals surface area (Å²) < 4.78 is 48.7. The van der Waals surface area contributed by atoms with Crippen molar-refractivity contribution in [2.45, 2.75) is 63.5 Å². The van der Waals surface area contributed by atoms with Crippen LogP contribution in [0.1, 0.15) is 43.7 Å². The summed E-state index contributed by atoms with van der Waals surface area (Å²) in [7, 11) is 3.63. The Morgan fingerprint density at radius 1 is 1.05 bits per heavy atom. The van der Waals surface area contributed by atoms with Gasteiger partial charge in [-0.3, -0.25) is 9.69 Å². The zero-order valence-corrected chi connectivity index (χ0v) is 23.7. The van der Waals surface area contributed by atoms with Crippen molar-refractivity contribution in [3.05, 3.63) is 41.7 Å². The van der Waals surface area contributed by atoms with Gasteiger partial charge < -0.3 is 19.4 Å². The van der Waals surface area contributed by atoms with E-state index in [9.17, 15) is 22.8 Å². The first-order valence-electron chi connectivity index (χ1n) is 14.3. The zero-order chi connectivity index (χ0) is 29.1. The van der Waals surface area contributed by atoms with Crippen molar-refractivity contribution in [2.24, 2.45) is 11.8 Å². The molecule has 2 bridgehead atoms. The maximum Gasteiger partial charge on any atom is 0.416 e. The molecule has 0 spiro atoms. The number of likely N-dealkylation sites (tertiary alicyclic amines) is 1. The molecule has 1 aromatic carbocycles. The molecule has 2 aromatic rings. The van der Waals surface area contributed by atoms with Gasteiger partial charge in [0.1, 0.15) is 0 Å². The maximum absolute atomic E-state index is 13.9. The molecule has 12 heteroatoms. The molecule has 1 aliphatic carbocycles. The van der Waals surface area contributed by atoms with E-state index >= 15 is 0 Å². The topological polar surface area (TPSA) is 74.2 Å². The molecule has 3 aliphatic heterocycles. The van der Waals surface area contributed by atoms with Crippen LogP contribution >= 0.6 is 0 Å². The normalized spacial score (nSPS) is 27.5. The number of aromatic nitrogens is 2. The van der Waals surface area contributed by atoms with Crippen LogP contribution in [0.4, 0.5) is 29.3 Å². The third-order valence-electron chi connectivity index (χ3n) is 9.52. The van der Waals surface area contributed by atoms with E-state index in [1.54, 1.807) is 13.2 Å². The lowest BCUT2D eigenvalue weighted by Gasteiger charge is -2.37. The zero-order valence-electron chi connectivity index (χ0n) is 23.7. The molecule has 2 amide bonds. The van der Waals surface area contributed by atoms with Crippen LogP contribution in [-0.4, -0.2) is 90.0 Å². The molecule has 1 aromatic heterocycles. The molecule has 0 radical (unpaired) electrons. The first-order valence-corrected chi connectivity index (χ1v) is 14.3. The number of ether oxygens (including phenoxy) is 1. The number of benzene rings is 1. The lowest BCUT2D eigenvalue weighted by Crippen LogP contribution is -2.46. The highest BCUT2D eigenvalue weighted by Gasteiger charge is 2.44. The van der Waals surface area contributed by atoms with Crippen LogP contribution in [0.2, 0.25) is 0 Å². The van der Waals surface area contributed by atoms with Crippen LogP contribution in [0.3, 0.4) is 0 Å². The number of carbonyl (C=O) groups is 2. The lowest BCUT2D eigenvalue weighted by molar-refractivity contribution is -0.137. The number of hydrogen-bond acceptors (Lipinski definition) is 6. The smallest absolute Gasteiger partial charge is 0.377 e. The molecule has 3 saturated heterocycles. The summed E-state index contributed by atoms with van der Waals surface area (Å²) >= 11 is 0. The first-order chi connectivity index (χ1) is 19.5. The summed E-state index contributed by atoms with van der Waals surface area (Å²) in [6.07, 6.45) is 2.33. The minimum absolute atomic E-state index is 0.131. The molecule has 41 heavy (non-hydrogen) atoms. The van der Waals surface area contributed by atoms with Crippen LogP contribution in [0.5, 0.6) is 0 Å². The van der Waals surface area contributed by atoms with Crippen LogP contribution in [0.25, 0.3) is 0 Å². The minimum atomic E-state index is -4.41. The highest BCUT2D eigenvalue weighted by molar-refractivity contribution is 5.91. The van der Waals surface area contributed by atoms with E-state index in [0.717, 1.165) is 25.7 Å². The summed E-state index contributed by atoms with van der Waals surface area (Å²) in [6, 6.07) is 4.81. The summed E-state index contributed by atoms with van der Waals surface area (Å²) in [5.74, 6) is 0.530. The number of morpholine rings is 1. The fraction of sp³-hybridized carbons (Fsp3) is 0.621. The standard InChI is InChI=1S/C29H37F3N6O3/c1-18(39)35(3)27-11-33-37(15-27)28(40)36-13-20-8-25(9-21(20)14-36)34(2)12-19-6-22(29(30,31)32)10-26(7-19)38-23-4-5-24(38)17-41-16-23/h6-7,10-11,15,20-21,23-25H,4-5,8-9,12-14,16-17H2,1-3H3/t20-,21+,23?,24?,25-. The van der Waals surface area contributed by atoms with Gasteiger partial charge in [0.2, 0.25) is 5.91 Å². The van der Waals surface area contributed by atoms with Crippen molar-refractivity contribution in [3.63, 3.8) is 0 Å². The molecule has 6 rings (SSSR count). The van der Waals surface area contributed by atoms with Gasteiger partial charge in [0.25, 0.3) is 0 Å². The van der Waals surface area contributed by atoms with E-state index in [-0.39, 0.29) is 30.1 Å². The maximum atomic E-state index is 13.9. The van der Waals surface area contributed by atoms with E-state index in [2.05, 4.69) is 14.9 Å². The van der Waals surface area contributed by atoms with Crippen LogP contribution in [-0.2, 0) is 22.3 Å². The minimum Gasteiger partial charge on any atom is -0.377 e. The van der Waals surface area contributed by atoms with Gasteiger partial charge in [0.05, 0.1) is 48.9 Å². The van der Waals surface area contributed by atoms with E-state index in [4.69, 9.17) is 4.74 Å². The predicted octanol–water partition coefficient (Wildman–Crippen LogP) is 4.06. The molecule has 5 atom stereocenters. The number of amides is 2. The van der Waals surface area contributed by atoms with E-state index in [1.807, 2.05) is 18.0 Å². The Labute approximate surface area is 237 Å². The fourth-order valence-corrected chi connectivity index (χ4v) is 7.25. The van der Waals surface area contributed by atoms with E-state index in [1.165, 1.54) is 34.8 Å². The van der Waals surface area contributed by atoms with Gasteiger partial charge in [-0.25, -0.2) is 4.79 Å². The molecule has 4 aliphatic rings. The van der Waals surface area contributed by atoms with Gasteiger partial charge in [0, 0.05) is 45.3 Å². The third kappa shape index (κ3) is 5.43. The molecule has 222 valence electrons. The van der Waals surface area contributed by atoms with Gasteiger partial charge in [-0.2, -0.15) is 23.0 Å². The summed E-state index contributed by atoms with van der Waals surface area (Å²) in [6.45, 7) is 4.25. The van der Waals surface area contributed by atoms with Gasteiger partial charge >= 0.3 is 12.2 Å². The summed E-state index contributed by atoms with van der Waals surface area (Å²) in [5, 5.41) is 4.16. The Morgan fingerprint density at radius 3 is 2.32 bits per heavy atom. The van der Waals surface area contributed by atoms with Crippen molar-refractivity contribution < 1.29 is 27.5 Å². The highest BCUT2D eigenvalue weighted by atomic mass is 19.4. The summed E-state index contributed by atoms with van der Waals surface area (Å²) in [5.41, 5.74) is 1.28. The average molecular weight is 575 g/mol. The summed E-state index contributed by atoms with van der Waals surface area (Å²) in [4.78, 5) is 32.3. The van der Waals surface area contributed by atoms with Gasteiger partial charge in [0.15, 0.2) is 0 Å². The Bertz CT molecular complexity index is 1280. The number of alkyl halides is 3. The Kier molecular flexibility index (Phi) is 7.25. The largest absolute Gasteiger partial charge is 0.416 e. The molecule has 1 saturated carbocycles. The lowest BCUT2D eigenvalue weighted by atomic mass is 10.0. The third-order valence-corrected chi connectivity index (χ3v) is 9.52. The number of carbonyl (C=O) groups excluding carboxylic acids is 2. The average Bonchev–Trinajstić information content (AvgIpc) is 3.69. The number of fused-ring (bicyclic) bond motifs is 3. The fourth-order valence-electron chi connectivity index (χ4n) is 7.25. The molecular weight excluding hydrogens is 537 g/mol. The second-order valence-corrected chi connectivity index (χ2v) is 12.2. The Balaban J connectivity index is 1.10. The van der Waals surface area contributed by atoms with Gasteiger partial charge in [-0.1, -0.05) is 0 Å². The van der Waals surface area contributed by atoms with Crippen molar-refractivity contribution in [3.8, 4) is 0 Å². The van der Waals surface area contributed by atoms with Crippen molar-refractivity contribution >= 4 is 23.3 Å². The molecule has 9 nitrogen and oxygen atoms in total. The first kappa shape index (κ1) is 28.0. The molecule has 2 unspecified atom stereocenters.